The van der Waals surface area contributed by atoms with Crippen LogP contribution in [0.25, 0.3) is 10.2 Å². The summed E-state index contributed by atoms with van der Waals surface area (Å²) in [6, 6.07) is 0.261. The second kappa shape index (κ2) is 7.62. The van der Waals surface area contributed by atoms with Crippen LogP contribution < -0.4 is 10.9 Å². The van der Waals surface area contributed by atoms with E-state index in [0.29, 0.717) is 5.92 Å². The normalized spacial score (nSPS) is 20.9. The molecule has 0 spiro atoms. The van der Waals surface area contributed by atoms with Gasteiger partial charge in [0.1, 0.15) is 11.4 Å². The Morgan fingerprint density at radius 2 is 2.00 bits per heavy atom. The Balaban J connectivity index is 1.56. The average molecular weight is 402 g/mol. The minimum absolute atomic E-state index is 0.0597. The molecule has 2 aromatic heterocycles. The number of carbonyl (C=O) groups excluding carboxylic acids is 1. The summed E-state index contributed by atoms with van der Waals surface area (Å²) in [5, 5.41) is 3.85. The molecule has 0 radical (unpaired) electrons. The third kappa shape index (κ3) is 3.88. The molecule has 1 amide bonds. The zero-order chi connectivity index (χ0) is 19.9. The Labute approximate surface area is 170 Å². The Bertz CT molecular complexity index is 932. The van der Waals surface area contributed by atoms with Crippen molar-refractivity contribution in [2.45, 2.75) is 84.7 Å². The predicted octanol–water partition coefficient (Wildman–Crippen LogP) is 4.06. The summed E-state index contributed by atoms with van der Waals surface area (Å²) in [7, 11) is 0. The van der Waals surface area contributed by atoms with Crippen molar-refractivity contribution in [1.82, 2.24) is 14.9 Å². The molecular weight excluding hydrogens is 370 g/mol. The van der Waals surface area contributed by atoms with Crippen molar-refractivity contribution in [2.75, 3.05) is 0 Å². The molecule has 2 aromatic rings. The van der Waals surface area contributed by atoms with Crippen LogP contribution in [0, 0.1) is 11.3 Å². The molecule has 5 nitrogen and oxygen atoms in total. The van der Waals surface area contributed by atoms with Gasteiger partial charge in [-0.25, -0.2) is 4.98 Å². The Kier molecular flexibility index (Phi) is 5.34. The summed E-state index contributed by atoms with van der Waals surface area (Å²) >= 11 is 1.66. The second-order valence-electron chi connectivity index (χ2n) is 9.57. The van der Waals surface area contributed by atoms with E-state index in [2.05, 4.69) is 31.1 Å². The van der Waals surface area contributed by atoms with Gasteiger partial charge in [-0.3, -0.25) is 14.2 Å². The van der Waals surface area contributed by atoms with Crippen LogP contribution in [-0.4, -0.2) is 21.5 Å². The SMILES string of the molecule is CC(C)(C)[C@H]1CCc2c(sc3ncn(CC(=O)NC4CCCCC4)c(=O)c23)C1. The van der Waals surface area contributed by atoms with Crippen molar-refractivity contribution in [1.29, 1.82) is 0 Å². The first-order valence-corrected chi connectivity index (χ1v) is 11.4. The number of amides is 1. The van der Waals surface area contributed by atoms with E-state index in [1.54, 1.807) is 17.7 Å². The zero-order valence-corrected chi connectivity index (χ0v) is 18.0. The Morgan fingerprint density at radius 1 is 1.25 bits per heavy atom. The van der Waals surface area contributed by atoms with Gasteiger partial charge in [0.15, 0.2) is 0 Å². The molecule has 0 aromatic carbocycles. The molecule has 2 aliphatic carbocycles. The molecule has 0 bridgehead atoms. The molecule has 4 rings (SSSR count). The van der Waals surface area contributed by atoms with Crippen LogP contribution in [0.3, 0.4) is 0 Å². The lowest BCUT2D eigenvalue weighted by atomic mass is 9.72. The largest absolute Gasteiger partial charge is 0.352 e. The standard InChI is InChI=1S/C22H31N3O2S/c1-22(2,3)14-9-10-16-17(11-14)28-20-19(16)21(27)25(13-23-20)12-18(26)24-15-7-5-4-6-8-15/h13-15H,4-12H2,1-3H3,(H,24,26)/t14-/m0/s1. The van der Waals surface area contributed by atoms with Gasteiger partial charge in [-0.2, -0.15) is 0 Å². The molecule has 28 heavy (non-hydrogen) atoms. The fourth-order valence-electron chi connectivity index (χ4n) is 4.73. The van der Waals surface area contributed by atoms with Gasteiger partial charge in [0.05, 0.1) is 11.7 Å². The van der Waals surface area contributed by atoms with Gasteiger partial charge in [-0.05, 0) is 49.0 Å². The number of hydrogen-bond acceptors (Lipinski definition) is 4. The van der Waals surface area contributed by atoms with Crippen LogP contribution in [0.5, 0.6) is 0 Å². The predicted molar refractivity (Wildman–Crippen MR) is 114 cm³/mol. The monoisotopic (exact) mass is 401 g/mol. The number of fused-ring (bicyclic) bond motifs is 3. The fourth-order valence-corrected chi connectivity index (χ4v) is 5.99. The van der Waals surface area contributed by atoms with Crippen LogP contribution in [0.2, 0.25) is 0 Å². The molecular formula is C22H31N3O2S. The van der Waals surface area contributed by atoms with Gasteiger partial charge < -0.3 is 5.32 Å². The smallest absolute Gasteiger partial charge is 0.262 e. The number of aromatic nitrogens is 2. The van der Waals surface area contributed by atoms with Crippen molar-refractivity contribution in [3.63, 3.8) is 0 Å². The lowest BCUT2D eigenvalue weighted by Gasteiger charge is -2.33. The quantitative estimate of drug-likeness (QED) is 0.844. The van der Waals surface area contributed by atoms with E-state index >= 15 is 0 Å². The van der Waals surface area contributed by atoms with E-state index in [0.717, 1.165) is 42.3 Å². The van der Waals surface area contributed by atoms with Gasteiger partial charge in [0.2, 0.25) is 5.91 Å². The lowest BCUT2D eigenvalue weighted by molar-refractivity contribution is -0.122. The first-order chi connectivity index (χ1) is 13.3. The van der Waals surface area contributed by atoms with E-state index < -0.39 is 0 Å². The van der Waals surface area contributed by atoms with Crippen molar-refractivity contribution in [3.05, 3.63) is 27.1 Å². The summed E-state index contributed by atoms with van der Waals surface area (Å²) in [6.45, 7) is 6.96. The van der Waals surface area contributed by atoms with Crippen molar-refractivity contribution in [3.8, 4) is 0 Å². The first kappa shape index (κ1) is 19.6. The highest BCUT2D eigenvalue weighted by Crippen LogP contribution is 2.41. The maximum atomic E-state index is 13.1. The van der Waals surface area contributed by atoms with E-state index in [1.165, 1.54) is 34.3 Å². The molecule has 152 valence electrons. The number of aryl methyl sites for hydroxylation is 1. The van der Waals surface area contributed by atoms with Gasteiger partial charge in [0.25, 0.3) is 5.56 Å². The third-order valence-corrected chi connectivity index (χ3v) is 7.71. The zero-order valence-electron chi connectivity index (χ0n) is 17.2. The van der Waals surface area contributed by atoms with Crippen LogP contribution in [-0.2, 0) is 24.2 Å². The molecule has 2 aliphatic rings. The van der Waals surface area contributed by atoms with Crippen LogP contribution >= 0.6 is 11.3 Å². The third-order valence-electron chi connectivity index (χ3n) is 6.54. The Hall–Kier alpha value is -1.69. The second-order valence-corrected chi connectivity index (χ2v) is 10.7. The van der Waals surface area contributed by atoms with Crippen LogP contribution in [0.4, 0.5) is 0 Å². The molecule has 0 aliphatic heterocycles. The summed E-state index contributed by atoms with van der Waals surface area (Å²) in [6.07, 6.45) is 10.3. The maximum Gasteiger partial charge on any atom is 0.262 e. The van der Waals surface area contributed by atoms with Gasteiger partial charge >= 0.3 is 0 Å². The topological polar surface area (TPSA) is 64.0 Å². The molecule has 2 heterocycles. The summed E-state index contributed by atoms with van der Waals surface area (Å²) in [5.41, 5.74) is 1.40. The number of carbonyl (C=O) groups is 1. The number of hydrogen-bond donors (Lipinski definition) is 1. The average Bonchev–Trinajstić information content (AvgIpc) is 3.02. The molecule has 6 heteroatoms. The number of nitrogens with one attached hydrogen (secondary N) is 1. The summed E-state index contributed by atoms with van der Waals surface area (Å²) < 4.78 is 1.49. The van der Waals surface area contributed by atoms with Crippen LogP contribution in [0.15, 0.2) is 11.1 Å². The van der Waals surface area contributed by atoms with Crippen molar-refractivity contribution < 1.29 is 4.79 Å². The van der Waals surface area contributed by atoms with Gasteiger partial charge in [-0.15, -0.1) is 11.3 Å². The fraction of sp³-hybridized carbons (Fsp3) is 0.682. The molecule has 1 fully saturated rings. The minimum atomic E-state index is -0.0768. The number of rotatable bonds is 3. The highest BCUT2D eigenvalue weighted by atomic mass is 32.1. The highest BCUT2D eigenvalue weighted by Gasteiger charge is 2.31. The molecule has 1 atom stereocenters. The number of thiophene rings is 1. The van der Waals surface area contributed by atoms with Crippen molar-refractivity contribution in [2.24, 2.45) is 11.3 Å². The lowest BCUT2D eigenvalue weighted by Crippen LogP contribution is -2.39. The Morgan fingerprint density at radius 3 is 2.71 bits per heavy atom. The van der Waals surface area contributed by atoms with Gasteiger partial charge in [0, 0.05) is 10.9 Å². The minimum Gasteiger partial charge on any atom is -0.352 e. The highest BCUT2D eigenvalue weighted by molar-refractivity contribution is 7.18. The molecule has 1 N–H and O–H groups in total. The van der Waals surface area contributed by atoms with E-state index in [9.17, 15) is 9.59 Å². The summed E-state index contributed by atoms with van der Waals surface area (Å²) in [4.78, 5) is 32.2. The maximum absolute atomic E-state index is 13.1. The summed E-state index contributed by atoms with van der Waals surface area (Å²) in [5.74, 6) is 0.559. The number of nitrogens with zero attached hydrogens (tertiary/aromatic N) is 2. The molecule has 0 unspecified atom stereocenters. The van der Waals surface area contributed by atoms with Crippen LogP contribution in [0.1, 0.15) is 69.7 Å². The van der Waals surface area contributed by atoms with Gasteiger partial charge in [-0.1, -0.05) is 40.0 Å². The molecule has 0 saturated heterocycles. The van der Waals surface area contributed by atoms with E-state index in [1.807, 2.05) is 0 Å². The first-order valence-electron chi connectivity index (χ1n) is 10.6. The van der Waals surface area contributed by atoms with E-state index in [4.69, 9.17) is 0 Å². The van der Waals surface area contributed by atoms with E-state index in [-0.39, 0.29) is 29.5 Å². The molecule has 1 saturated carbocycles. The van der Waals surface area contributed by atoms with Crippen molar-refractivity contribution >= 4 is 27.5 Å².